The molecule has 124 valence electrons. The Morgan fingerprint density at radius 1 is 1.08 bits per heavy atom. The third kappa shape index (κ3) is 2.67. The molecule has 2 aromatic rings. The van der Waals surface area contributed by atoms with Crippen LogP contribution in [0.3, 0.4) is 0 Å². The molecule has 2 aliphatic heterocycles. The predicted octanol–water partition coefficient (Wildman–Crippen LogP) is 2.81. The van der Waals surface area contributed by atoms with Crippen LogP contribution in [0.5, 0.6) is 11.5 Å². The van der Waals surface area contributed by atoms with Gasteiger partial charge in [0.05, 0.1) is 11.9 Å². The first-order chi connectivity index (χ1) is 12.0. The number of carbonyl (C=O) groups is 1. The van der Waals surface area contributed by atoms with Gasteiger partial charge in [-0.15, -0.1) is 0 Å². The lowest BCUT2D eigenvalue weighted by molar-refractivity contribution is -0.137. The maximum absolute atomic E-state index is 12.8. The number of phenolic OH excluding ortho intramolecular Hbond substituents is 1. The van der Waals surface area contributed by atoms with Crippen LogP contribution in [0.2, 0.25) is 0 Å². The fourth-order valence-corrected chi connectivity index (χ4v) is 2.71. The Morgan fingerprint density at radius 2 is 1.80 bits per heavy atom. The summed E-state index contributed by atoms with van der Waals surface area (Å²) in [6.07, 6.45) is 3.23. The summed E-state index contributed by atoms with van der Waals surface area (Å²) in [6.45, 7) is 1.61. The standard InChI is InChI=1S/C19H15N3O3/c1-19(25-15-9-7-14(23)8-10-15)18(24)22-12-16(20-11-17(22)21-19)13-5-3-2-4-6-13/h2-12,23H,1H3. The van der Waals surface area contributed by atoms with Crippen molar-refractivity contribution in [3.05, 3.63) is 66.4 Å². The van der Waals surface area contributed by atoms with Gasteiger partial charge in [-0.25, -0.2) is 4.99 Å². The van der Waals surface area contributed by atoms with Crippen LogP contribution in [0.1, 0.15) is 12.5 Å². The first-order valence-electron chi connectivity index (χ1n) is 7.78. The lowest BCUT2D eigenvalue weighted by atomic mass is 10.1. The van der Waals surface area contributed by atoms with Crippen LogP contribution in [-0.4, -0.2) is 33.7 Å². The van der Waals surface area contributed by atoms with Crippen LogP contribution in [0.15, 0.2) is 70.8 Å². The number of amides is 1. The Hall–Kier alpha value is -3.41. The van der Waals surface area contributed by atoms with Crippen LogP contribution in [0, 0.1) is 0 Å². The van der Waals surface area contributed by atoms with E-state index in [1.54, 1.807) is 31.5 Å². The lowest BCUT2D eigenvalue weighted by Crippen LogP contribution is -2.43. The minimum atomic E-state index is -1.37. The second kappa shape index (κ2) is 5.59. The zero-order chi connectivity index (χ0) is 17.4. The van der Waals surface area contributed by atoms with Gasteiger partial charge in [-0.3, -0.25) is 14.7 Å². The molecule has 0 aliphatic carbocycles. The number of aromatic hydroxyl groups is 1. The van der Waals surface area contributed by atoms with E-state index in [1.165, 1.54) is 17.0 Å². The number of fused-ring (bicyclic) bond motifs is 1. The van der Waals surface area contributed by atoms with Crippen molar-refractivity contribution in [3.63, 3.8) is 0 Å². The Morgan fingerprint density at radius 3 is 2.52 bits per heavy atom. The van der Waals surface area contributed by atoms with Crippen molar-refractivity contribution in [3.8, 4) is 11.5 Å². The molecule has 0 saturated carbocycles. The summed E-state index contributed by atoms with van der Waals surface area (Å²) in [5, 5.41) is 9.36. The molecular formula is C19H15N3O3. The number of rotatable bonds is 3. The fraction of sp³-hybridized carbons (Fsp3) is 0.105. The van der Waals surface area contributed by atoms with Crippen molar-refractivity contribution in [2.24, 2.45) is 9.98 Å². The Balaban J connectivity index is 1.63. The van der Waals surface area contributed by atoms with Crippen LogP contribution in [0.4, 0.5) is 0 Å². The van der Waals surface area contributed by atoms with Crippen LogP contribution < -0.4 is 4.74 Å². The van der Waals surface area contributed by atoms with E-state index in [0.29, 0.717) is 17.3 Å². The second-order valence-corrected chi connectivity index (χ2v) is 5.86. The number of phenols is 1. The molecule has 6 nitrogen and oxygen atoms in total. The van der Waals surface area contributed by atoms with E-state index in [9.17, 15) is 9.90 Å². The van der Waals surface area contributed by atoms with E-state index >= 15 is 0 Å². The van der Waals surface area contributed by atoms with Gasteiger partial charge >= 0.3 is 0 Å². The van der Waals surface area contributed by atoms with Gasteiger partial charge < -0.3 is 9.84 Å². The van der Waals surface area contributed by atoms with E-state index in [1.807, 2.05) is 30.3 Å². The fourth-order valence-electron chi connectivity index (χ4n) is 2.71. The molecule has 0 radical (unpaired) electrons. The summed E-state index contributed by atoms with van der Waals surface area (Å²) in [5.74, 6) is 0.713. The molecule has 2 aromatic carbocycles. The van der Waals surface area contributed by atoms with Crippen molar-refractivity contribution < 1.29 is 14.6 Å². The number of amidine groups is 1. The highest BCUT2D eigenvalue weighted by Crippen LogP contribution is 2.31. The van der Waals surface area contributed by atoms with Gasteiger partial charge in [0.15, 0.2) is 5.84 Å². The first kappa shape index (κ1) is 15.1. The molecule has 2 aliphatic rings. The summed E-state index contributed by atoms with van der Waals surface area (Å²) < 4.78 is 5.78. The number of hydrogen-bond acceptors (Lipinski definition) is 5. The van der Waals surface area contributed by atoms with Crippen LogP contribution >= 0.6 is 0 Å². The topological polar surface area (TPSA) is 74.5 Å². The van der Waals surface area contributed by atoms with E-state index in [2.05, 4.69) is 9.98 Å². The molecule has 0 spiro atoms. The zero-order valence-corrected chi connectivity index (χ0v) is 13.5. The molecule has 4 rings (SSSR count). The Kier molecular flexibility index (Phi) is 3.39. The molecule has 1 N–H and O–H groups in total. The quantitative estimate of drug-likeness (QED) is 0.938. The van der Waals surface area contributed by atoms with E-state index in [4.69, 9.17) is 4.74 Å². The summed E-state index contributed by atoms with van der Waals surface area (Å²) in [5.41, 5.74) is 0.224. The first-order valence-corrected chi connectivity index (χ1v) is 7.78. The maximum atomic E-state index is 12.8. The van der Waals surface area contributed by atoms with Gasteiger partial charge in [-0.2, -0.15) is 0 Å². The predicted molar refractivity (Wildman–Crippen MR) is 94.3 cm³/mol. The molecule has 1 atom stereocenters. The third-order valence-electron chi connectivity index (χ3n) is 3.98. The summed E-state index contributed by atoms with van der Waals surface area (Å²) in [7, 11) is 0. The number of benzene rings is 2. The summed E-state index contributed by atoms with van der Waals surface area (Å²) in [6, 6.07) is 15.8. The number of hydrogen-bond donors (Lipinski definition) is 1. The van der Waals surface area contributed by atoms with Gasteiger partial charge in [0.2, 0.25) is 0 Å². The van der Waals surface area contributed by atoms with Gasteiger partial charge in [-0.05, 0) is 24.3 Å². The monoisotopic (exact) mass is 333 g/mol. The molecule has 6 heteroatoms. The SMILES string of the molecule is CC1(Oc2ccc(O)cc2)N=C2C=NC(c3ccccc3)=CN2C1=O. The molecule has 0 aromatic heterocycles. The molecule has 0 saturated heterocycles. The number of carbonyl (C=O) groups excluding carboxylic acids is 1. The number of nitrogens with zero attached hydrogens (tertiary/aromatic N) is 3. The van der Waals surface area contributed by atoms with Crippen LogP contribution in [0.25, 0.3) is 5.70 Å². The summed E-state index contributed by atoms with van der Waals surface area (Å²) >= 11 is 0. The van der Waals surface area contributed by atoms with Crippen molar-refractivity contribution in [2.75, 3.05) is 0 Å². The number of ether oxygens (including phenoxy) is 1. The minimum Gasteiger partial charge on any atom is -0.508 e. The van der Waals surface area contributed by atoms with E-state index < -0.39 is 5.72 Å². The second-order valence-electron chi connectivity index (χ2n) is 5.86. The third-order valence-corrected chi connectivity index (χ3v) is 3.98. The van der Waals surface area contributed by atoms with Crippen LogP contribution in [-0.2, 0) is 4.79 Å². The van der Waals surface area contributed by atoms with E-state index in [0.717, 1.165) is 5.56 Å². The van der Waals surface area contributed by atoms with Gasteiger partial charge in [0.1, 0.15) is 11.5 Å². The average molecular weight is 333 g/mol. The lowest BCUT2D eigenvalue weighted by Gasteiger charge is -2.22. The number of aliphatic imine (C=N–C) groups is 2. The van der Waals surface area contributed by atoms with Crippen molar-refractivity contribution in [1.29, 1.82) is 0 Å². The van der Waals surface area contributed by atoms with Gasteiger partial charge in [-0.1, -0.05) is 30.3 Å². The molecule has 25 heavy (non-hydrogen) atoms. The smallest absolute Gasteiger partial charge is 0.299 e. The Labute approximate surface area is 144 Å². The van der Waals surface area contributed by atoms with Crippen molar-refractivity contribution in [2.45, 2.75) is 12.6 Å². The average Bonchev–Trinajstić information content (AvgIpc) is 2.88. The molecule has 0 bridgehead atoms. The minimum absolute atomic E-state index is 0.126. The van der Waals surface area contributed by atoms with Gasteiger partial charge in [0.25, 0.3) is 11.6 Å². The molecule has 0 fully saturated rings. The molecule has 2 heterocycles. The van der Waals surface area contributed by atoms with Crippen molar-refractivity contribution >= 4 is 23.7 Å². The van der Waals surface area contributed by atoms with Gasteiger partial charge in [0, 0.05) is 18.7 Å². The van der Waals surface area contributed by atoms with E-state index in [-0.39, 0.29) is 11.7 Å². The highest BCUT2D eigenvalue weighted by molar-refractivity contribution is 6.37. The Bertz CT molecular complexity index is 917. The van der Waals surface area contributed by atoms with Crippen molar-refractivity contribution in [1.82, 2.24) is 4.90 Å². The molecule has 1 unspecified atom stereocenters. The largest absolute Gasteiger partial charge is 0.508 e. The highest BCUT2D eigenvalue weighted by Gasteiger charge is 2.47. The highest BCUT2D eigenvalue weighted by atomic mass is 16.5. The molecular weight excluding hydrogens is 318 g/mol. The zero-order valence-electron chi connectivity index (χ0n) is 13.5. The maximum Gasteiger partial charge on any atom is 0.299 e. The normalized spacial score (nSPS) is 21.6. The summed E-state index contributed by atoms with van der Waals surface area (Å²) in [4.78, 5) is 23.1. The molecule has 1 amide bonds.